The normalized spacial score (nSPS) is 14.5. The molecule has 8 nitrogen and oxygen atoms in total. The maximum Gasteiger partial charge on any atom is 0.407 e. The highest BCUT2D eigenvalue weighted by Crippen LogP contribution is 2.44. The number of amides is 2. The van der Waals surface area contributed by atoms with E-state index in [1.807, 2.05) is 36.4 Å². The van der Waals surface area contributed by atoms with Crippen LogP contribution in [0.1, 0.15) is 44.2 Å². The number of rotatable bonds is 9. The molecule has 1 aliphatic carbocycles. The highest BCUT2D eigenvalue weighted by molar-refractivity contribution is 5.86. The molecule has 0 spiro atoms. The lowest BCUT2D eigenvalue weighted by atomic mass is 9.86. The number of carbonyl (C=O) groups is 3. The number of hydrogen-bond acceptors (Lipinski definition) is 5. The molecular weight excluding hydrogens is 436 g/mol. The van der Waals surface area contributed by atoms with Crippen molar-refractivity contribution in [1.82, 2.24) is 10.6 Å². The van der Waals surface area contributed by atoms with Crippen molar-refractivity contribution in [1.29, 1.82) is 0 Å². The van der Waals surface area contributed by atoms with Gasteiger partial charge in [0.1, 0.15) is 18.8 Å². The molecule has 3 N–H and O–H groups in total. The predicted octanol–water partition coefficient (Wildman–Crippen LogP) is 3.55. The number of hydrogen-bond donors (Lipinski definition) is 3. The third-order valence-corrected chi connectivity index (χ3v) is 6.00. The van der Waals surface area contributed by atoms with Gasteiger partial charge in [0.2, 0.25) is 5.91 Å². The molecule has 2 amide bonds. The van der Waals surface area contributed by atoms with E-state index in [4.69, 9.17) is 9.47 Å². The van der Waals surface area contributed by atoms with Crippen molar-refractivity contribution in [2.45, 2.75) is 45.3 Å². The molecule has 0 aliphatic heterocycles. The summed E-state index contributed by atoms with van der Waals surface area (Å²) in [5, 5.41) is 14.6. The van der Waals surface area contributed by atoms with E-state index in [0.29, 0.717) is 0 Å². The Morgan fingerprint density at radius 3 is 2.06 bits per heavy atom. The van der Waals surface area contributed by atoms with E-state index in [1.54, 1.807) is 20.8 Å². The van der Waals surface area contributed by atoms with Gasteiger partial charge in [-0.1, -0.05) is 69.3 Å². The van der Waals surface area contributed by atoms with Crippen molar-refractivity contribution < 1.29 is 29.0 Å². The van der Waals surface area contributed by atoms with E-state index in [-0.39, 0.29) is 25.5 Å². The maximum atomic E-state index is 12.5. The number of methoxy groups -OCH3 is 1. The minimum atomic E-state index is -1.12. The van der Waals surface area contributed by atoms with Crippen LogP contribution in [0.3, 0.4) is 0 Å². The molecule has 0 saturated carbocycles. The fourth-order valence-electron chi connectivity index (χ4n) is 4.19. The van der Waals surface area contributed by atoms with Crippen molar-refractivity contribution in [2.75, 3.05) is 20.3 Å². The van der Waals surface area contributed by atoms with Crippen LogP contribution in [0.4, 0.5) is 4.79 Å². The van der Waals surface area contributed by atoms with Gasteiger partial charge in [-0.05, 0) is 27.7 Å². The SMILES string of the molecule is COC(CCNC(=O)OCC1c2ccccc2-c2ccccc21)C(=O)NC(C(=O)O)C(C)(C)C. The molecule has 2 aromatic rings. The van der Waals surface area contributed by atoms with Crippen LogP contribution in [0.15, 0.2) is 48.5 Å². The van der Waals surface area contributed by atoms with Crippen LogP contribution in [0.5, 0.6) is 0 Å². The number of carbonyl (C=O) groups excluding carboxylic acids is 2. The van der Waals surface area contributed by atoms with Gasteiger partial charge < -0.3 is 25.2 Å². The zero-order valence-corrected chi connectivity index (χ0v) is 20.0. The summed E-state index contributed by atoms with van der Waals surface area (Å²) in [6.07, 6.45) is -1.32. The van der Waals surface area contributed by atoms with E-state index in [0.717, 1.165) is 22.3 Å². The number of aliphatic carboxylic acids is 1. The molecule has 0 saturated heterocycles. The van der Waals surface area contributed by atoms with Gasteiger partial charge in [-0.2, -0.15) is 0 Å². The fourth-order valence-corrected chi connectivity index (χ4v) is 4.19. The number of ether oxygens (including phenoxy) is 2. The number of benzene rings is 2. The number of alkyl carbamates (subject to hydrolysis) is 1. The second-order valence-electron chi connectivity index (χ2n) is 9.41. The van der Waals surface area contributed by atoms with E-state index in [9.17, 15) is 19.5 Å². The van der Waals surface area contributed by atoms with Crippen molar-refractivity contribution in [3.05, 3.63) is 59.7 Å². The van der Waals surface area contributed by atoms with Gasteiger partial charge in [0.25, 0.3) is 0 Å². The standard InChI is InChI=1S/C26H32N2O6/c1-26(2,3)22(24(30)31)28-23(29)21(33-4)13-14-27-25(32)34-15-20-18-11-7-5-9-16(18)17-10-6-8-12-19(17)20/h5-12,20-22H,13-15H2,1-4H3,(H,27,32)(H,28,29)(H,30,31). The predicted molar refractivity (Wildman–Crippen MR) is 128 cm³/mol. The van der Waals surface area contributed by atoms with E-state index in [1.165, 1.54) is 7.11 Å². The van der Waals surface area contributed by atoms with Gasteiger partial charge in [-0.3, -0.25) is 4.79 Å². The molecule has 34 heavy (non-hydrogen) atoms. The summed E-state index contributed by atoms with van der Waals surface area (Å²) in [6.45, 7) is 5.52. The minimum absolute atomic E-state index is 0.0407. The highest BCUT2D eigenvalue weighted by Gasteiger charge is 2.34. The first-order valence-corrected chi connectivity index (χ1v) is 11.3. The second-order valence-corrected chi connectivity index (χ2v) is 9.41. The van der Waals surface area contributed by atoms with Gasteiger partial charge in [-0.15, -0.1) is 0 Å². The quantitative estimate of drug-likeness (QED) is 0.519. The summed E-state index contributed by atoms with van der Waals surface area (Å²) in [5.74, 6) is -1.70. The molecule has 0 bridgehead atoms. The third-order valence-electron chi connectivity index (χ3n) is 6.00. The van der Waals surface area contributed by atoms with E-state index >= 15 is 0 Å². The first-order valence-electron chi connectivity index (χ1n) is 11.3. The van der Waals surface area contributed by atoms with Gasteiger partial charge in [0.05, 0.1) is 0 Å². The molecule has 2 atom stereocenters. The maximum absolute atomic E-state index is 12.5. The van der Waals surface area contributed by atoms with Crippen LogP contribution in [0, 0.1) is 5.41 Å². The molecule has 0 radical (unpaired) electrons. The average molecular weight is 469 g/mol. The lowest BCUT2D eigenvalue weighted by molar-refractivity contribution is -0.147. The van der Waals surface area contributed by atoms with Gasteiger partial charge >= 0.3 is 12.1 Å². The Labute approximate surface area is 199 Å². The first-order chi connectivity index (χ1) is 16.1. The Bertz CT molecular complexity index is 1000. The van der Waals surface area contributed by atoms with Crippen molar-refractivity contribution >= 4 is 18.0 Å². The van der Waals surface area contributed by atoms with E-state index < -0.39 is 35.5 Å². The van der Waals surface area contributed by atoms with Crippen LogP contribution >= 0.6 is 0 Å². The van der Waals surface area contributed by atoms with Crippen LogP contribution in [0.25, 0.3) is 11.1 Å². The largest absolute Gasteiger partial charge is 0.480 e. The van der Waals surface area contributed by atoms with Gasteiger partial charge in [0.15, 0.2) is 0 Å². The zero-order chi connectivity index (χ0) is 24.9. The summed E-state index contributed by atoms with van der Waals surface area (Å²) in [4.78, 5) is 36.3. The molecule has 8 heteroatoms. The fraction of sp³-hybridized carbons (Fsp3) is 0.423. The Hall–Kier alpha value is -3.39. The molecule has 182 valence electrons. The van der Waals surface area contributed by atoms with Crippen LogP contribution < -0.4 is 10.6 Å². The van der Waals surface area contributed by atoms with Gasteiger partial charge in [0, 0.05) is 26.0 Å². The van der Waals surface area contributed by atoms with Crippen molar-refractivity contribution in [3.8, 4) is 11.1 Å². The number of carboxylic acid groups (broad SMARTS) is 1. The lowest BCUT2D eigenvalue weighted by Gasteiger charge is -2.29. The first kappa shape index (κ1) is 25.2. The molecule has 0 fully saturated rings. The average Bonchev–Trinajstić information content (AvgIpc) is 3.11. The Morgan fingerprint density at radius 2 is 1.56 bits per heavy atom. The molecule has 2 aromatic carbocycles. The topological polar surface area (TPSA) is 114 Å². The number of carboxylic acids is 1. The number of nitrogens with one attached hydrogen (secondary N) is 2. The third kappa shape index (κ3) is 5.75. The molecule has 1 aliphatic rings. The smallest absolute Gasteiger partial charge is 0.407 e. The van der Waals surface area contributed by atoms with Crippen molar-refractivity contribution in [2.24, 2.45) is 5.41 Å². The molecule has 2 unspecified atom stereocenters. The number of fused-ring (bicyclic) bond motifs is 3. The minimum Gasteiger partial charge on any atom is -0.480 e. The summed E-state index contributed by atoms with van der Waals surface area (Å²) < 4.78 is 10.7. The molecule has 0 aromatic heterocycles. The van der Waals surface area contributed by atoms with Crippen LogP contribution in [-0.4, -0.2) is 55.5 Å². The Morgan fingerprint density at radius 1 is 1.00 bits per heavy atom. The summed E-state index contributed by atoms with van der Waals surface area (Å²) in [5.41, 5.74) is 3.88. The van der Waals surface area contributed by atoms with Crippen LogP contribution in [-0.2, 0) is 19.1 Å². The summed E-state index contributed by atoms with van der Waals surface area (Å²) in [6, 6.07) is 15.1. The Kier molecular flexibility index (Phi) is 7.94. The van der Waals surface area contributed by atoms with E-state index in [2.05, 4.69) is 22.8 Å². The summed E-state index contributed by atoms with van der Waals surface area (Å²) >= 11 is 0. The highest BCUT2D eigenvalue weighted by atomic mass is 16.5. The monoisotopic (exact) mass is 468 g/mol. The van der Waals surface area contributed by atoms with Crippen LogP contribution in [0.2, 0.25) is 0 Å². The van der Waals surface area contributed by atoms with Crippen molar-refractivity contribution in [3.63, 3.8) is 0 Å². The molecule has 3 rings (SSSR count). The zero-order valence-electron chi connectivity index (χ0n) is 20.0. The van der Waals surface area contributed by atoms with Gasteiger partial charge in [-0.25, -0.2) is 9.59 Å². The lowest BCUT2D eigenvalue weighted by Crippen LogP contribution is -2.52. The second kappa shape index (κ2) is 10.7. The summed E-state index contributed by atoms with van der Waals surface area (Å²) in [7, 11) is 1.37. The Balaban J connectivity index is 1.51. The molecule has 0 heterocycles. The molecular formula is C26H32N2O6.